The zero-order valence-electron chi connectivity index (χ0n) is 8.56. The number of hydrogen-bond donors (Lipinski definition) is 0. The van der Waals surface area contributed by atoms with Crippen molar-refractivity contribution in [1.82, 2.24) is 4.90 Å². The fourth-order valence-electron chi connectivity index (χ4n) is 1.39. The highest BCUT2D eigenvalue weighted by Gasteiger charge is 1.99. The van der Waals surface area contributed by atoms with Crippen molar-refractivity contribution in [3.63, 3.8) is 0 Å². The Bertz CT molecular complexity index is 78.9. The Kier molecular flexibility index (Phi) is 6.63. The van der Waals surface area contributed by atoms with Crippen molar-refractivity contribution in [3.8, 4) is 0 Å². The molecular formula is C10H23N. The molecule has 0 saturated heterocycles. The van der Waals surface area contributed by atoms with Gasteiger partial charge in [0.05, 0.1) is 0 Å². The van der Waals surface area contributed by atoms with Crippen molar-refractivity contribution in [2.45, 2.75) is 39.5 Å². The minimum atomic E-state index is 0.931. The predicted octanol–water partition coefficient (Wildman–Crippen LogP) is 2.76. The van der Waals surface area contributed by atoms with Gasteiger partial charge in [0.1, 0.15) is 0 Å². The highest BCUT2D eigenvalue weighted by Crippen LogP contribution is 2.11. The van der Waals surface area contributed by atoms with Crippen LogP contribution in [0.15, 0.2) is 0 Å². The summed E-state index contributed by atoms with van der Waals surface area (Å²) in [6.45, 7) is 5.87. The van der Waals surface area contributed by atoms with Crippen LogP contribution in [0.25, 0.3) is 0 Å². The van der Waals surface area contributed by atoms with Crippen molar-refractivity contribution in [3.05, 3.63) is 0 Å². The molecule has 0 rings (SSSR count). The normalized spacial score (nSPS) is 13.9. The van der Waals surface area contributed by atoms with E-state index in [2.05, 4.69) is 32.8 Å². The lowest BCUT2D eigenvalue weighted by molar-refractivity contribution is 0.365. The zero-order chi connectivity index (χ0) is 8.69. The summed E-state index contributed by atoms with van der Waals surface area (Å²) in [6, 6.07) is 0. The molecule has 0 saturated carbocycles. The third kappa shape index (κ3) is 7.86. The third-order valence-corrected chi connectivity index (χ3v) is 2.08. The quantitative estimate of drug-likeness (QED) is 0.573. The van der Waals surface area contributed by atoms with E-state index in [1.54, 1.807) is 0 Å². The van der Waals surface area contributed by atoms with Gasteiger partial charge in [-0.15, -0.1) is 0 Å². The highest BCUT2D eigenvalue weighted by molar-refractivity contribution is 4.53. The lowest BCUT2D eigenvalue weighted by Crippen LogP contribution is -2.13. The number of nitrogens with zero attached hydrogens (tertiary/aromatic N) is 1. The first-order valence-electron chi connectivity index (χ1n) is 4.81. The van der Waals surface area contributed by atoms with Gasteiger partial charge in [0.2, 0.25) is 0 Å². The molecule has 1 nitrogen and oxygen atoms in total. The van der Waals surface area contributed by atoms with Crippen LogP contribution in [-0.4, -0.2) is 25.5 Å². The van der Waals surface area contributed by atoms with Crippen molar-refractivity contribution >= 4 is 0 Å². The molecule has 0 N–H and O–H groups in total. The van der Waals surface area contributed by atoms with Crippen LogP contribution in [0.2, 0.25) is 0 Å². The Labute approximate surface area is 71.8 Å². The van der Waals surface area contributed by atoms with E-state index in [9.17, 15) is 0 Å². The second kappa shape index (κ2) is 6.66. The van der Waals surface area contributed by atoms with Crippen LogP contribution >= 0.6 is 0 Å². The van der Waals surface area contributed by atoms with E-state index < -0.39 is 0 Å². The van der Waals surface area contributed by atoms with Crippen LogP contribution in [-0.2, 0) is 0 Å². The van der Waals surface area contributed by atoms with Gasteiger partial charge in [0.15, 0.2) is 0 Å². The predicted molar refractivity (Wildman–Crippen MR) is 51.9 cm³/mol. The number of hydrogen-bond acceptors (Lipinski definition) is 1. The van der Waals surface area contributed by atoms with Gasteiger partial charge in [0, 0.05) is 0 Å². The van der Waals surface area contributed by atoms with Crippen LogP contribution in [0, 0.1) is 5.92 Å². The fourth-order valence-corrected chi connectivity index (χ4v) is 1.39. The van der Waals surface area contributed by atoms with E-state index >= 15 is 0 Å². The summed E-state index contributed by atoms with van der Waals surface area (Å²) in [5, 5.41) is 0. The van der Waals surface area contributed by atoms with Crippen molar-refractivity contribution in [2.24, 2.45) is 5.92 Å². The molecule has 1 atom stereocenters. The Morgan fingerprint density at radius 2 is 1.82 bits per heavy atom. The van der Waals surface area contributed by atoms with E-state index in [-0.39, 0.29) is 0 Å². The van der Waals surface area contributed by atoms with Gasteiger partial charge in [0.25, 0.3) is 0 Å². The molecule has 0 aromatic rings. The van der Waals surface area contributed by atoms with Gasteiger partial charge in [-0.1, -0.05) is 26.7 Å². The standard InChI is InChI=1S/C10H23N/c1-5-7-10(2)8-6-9-11(3)4/h10H,5-9H2,1-4H3/t10-/m0/s1. The van der Waals surface area contributed by atoms with Gasteiger partial charge in [-0.3, -0.25) is 0 Å². The van der Waals surface area contributed by atoms with Gasteiger partial charge < -0.3 is 4.90 Å². The molecule has 11 heavy (non-hydrogen) atoms. The maximum absolute atomic E-state index is 2.36. The van der Waals surface area contributed by atoms with E-state index in [1.165, 1.54) is 32.2 Å². The zero-order valence-corrected chi connectivity index (χ0v) is 8.56. The van der Waals surface area contributed by atoms with E-state index in [4.69, 9.17) is 0 Å². The Balaban J connectivity index is 3.10. The molecule has 0 radical (unpaired) electrons. The van der Waals surface area contributed by atoms with Crippen molar-refractivity contribution in [2.75, 3.05) is 20.6 Å². The molecule has 0 aliphatic rings. The van der Waals surface area contributed by atoms with Crippen molar-refractivity contribution < 1.29 is 0 Å². The third-order valence-electron chi connectivity index (χ3n) is 2.08. The highest BCUT2D eigenvalue weighted by atomic mass is 15.0. The first-order valence-corrected chi connectivity index (χ1v) is 4.81. The SMILES string of the molecule is CCC[C@H](C)CCCN(C)C. The molecule has 1 heteroatoms. The summed E-state index contributed by atoms with van der Waals surface area (Å²) in [4.78, 5) is 2.26. The van der Waals surface area contributed by atoms with Crippen molar-refractivity contribution in [1.29, 1.82) is 0 Å². The monoisotopic (exact) mass is 157 g/mol. The summed E-state index contributed by atoms with van der Waals surface area (Å²) in [5.41, 5.74) is 0. The Morgan fingerprint density at radius 1 is 1.18 bits per heavy atom. The molecule has 0 bridgehead atoms. The molecule has 0 amide bonds. The fraction of sp³-hybridized carbons (Fsp3) is 1.00. The first-order chi connectivity index (χ1) is 5.16. The molecular weight excluding hydrogens is 134 g/mol. The van der Waals surface area contributed by atoms with Crippen LogP contribution in [0.3, 0.4) is 0 Å². The minimum absolute atomic E-state index is 0.931. The largest absolute Gasteiger partial charge is 0.309 e. The topological polar surface area (TPSA) is 3.24 Å². The number of rotatable bonds is 6. The van der Waals surface area contributed by atoms with E-state index in [1.807, 2.05) is 0 Å². The average Bonchev–Trinajstić information content (AvgIpc) is 1.87. The molecule has 0 heterocycles. The Hall–Kier alpha value is -0.0400. The summed E-state index contributed by atoms with van der Waals surface area (Å²) >= 11 is 0. The second-order valence-electron chi connectivity index (χ2n) is 3.84. The van der Waals surface area contributed by atoms with Gasteiger partial charge in [-0.25, -0.2) is 0 Å². The molecule has 0 aliphatic carbocycles. The molecule has 0 spiro atoms. The molecule has 0 aliphatic heterocycles. The van der Waals surface area contributed by atoms with Crippen LogP contribution in [0.5, 0.6) is 0 Å². The van der Waals surface area contributed by atoms with Gasteiger partial charge >= 0.3 is 0 Å². The van der Waals surface area contributed by atoms with Gasteiger partial charge in [-0.05, 0) is 39.4 Å². The lowest BCUT2D eigenvalue weighted by atomic mass is 10.0. The lowest BCUT2D eigenvalue weighted by Gasteiger charge is -2.12. The van der Waals surface area contributed by atoms with E-state index in [0.717, 1.165) is 5.92 Å². The van der Waals surface area contributed by atoms with Crippen LogP contribution < -0.4 is 0 Å². The molecule has 0 aromatic carbocycles. The average molecular weight is 157 g/mol. The maximum atomic E-state index is 2.36. The summed E-state index contributed by atoms with van der Waals surface area (Å²) in [5.74, 6) is 0.931. The molecule has 0 aromatic heterocycles. The summed E-state index contributed by atoms with van der Waals surface area (Å²) < 4.78 is 0. The van der Waals surface area contributed by atoms with Gasteiger partial charge in [-0.2, -0.15) is 0 Å². The Morgan fingerprint density at radius 3 is 2.27 bits per heavy atom. The maximum Gasteiger partial charge on any atom is -0.00247 e. The molecule has 0 fully saturated rings. The first kappa shape index (κ1) is 11.0. The second-order valence-corrected chi connectivity index (χ2v) is 3.84. The summed E-state index contributed by atoms with van der Waals surface area (Å²) in [7, 11) is 4.29. The molecule has 0 unspecified atom stereocenters. The summed E-state index contributed by atoms with van der Waals surface area (Å²) in [6.07, 6.45) is 5.48. The van der Waals surface area contributed by atoms with Crippen LogP contribution in [0.4, 0.5) is 0 Å². The minimum Gasteiger partial charge on any atom is -0.309 e. The van der Waals surface area contributed by atoms with Crippen LogP contribution in [0.1, 0.15) is 39.5 Å². The smallest absolute Gasteiger partial charge is 0.00247 e. The molecule has 68 valence electrons. The van der Waals surface area contributed by atoms with E-state index in [0.29, 0.717) is 0 Å².